The largest absolute Gasteiger partial charge is 0.494 e. The Morgan fingerprint density at radius 3 is 2.32 bits per heavy atom. The first kappa shape index (κ1) is 27.5. The number of hydrogen-bond acceptors (Lipinski definition) is 6. The van der Waals surface area contributed by atoms with Crippen molar-refractivity contribution in [2.45, 2.75) is 46.5 Å². The van der Waals surface area contributed by atoms with Gasteiger partial charge in [-0.15, -0.1) is 0 Å². The molecule has 3 aromatic rings. The zero-order valence-electron chi connectivity index (χ0n) is 21.8. The van der Waals surface area contributed by atoms with Crippen LogP contribution in [0.5, 0.6) is 17.2 Å². The zero-order chi connectivity index (χ0) is 26.6. The van der Waals surface area contributed by atoms with E-state index in [0.29, 0.717) is 29.6 Å². The molecule has 1 N–H and O–H groups in total. The summed E-state index contributed by atoms with van der Waals surface area (Å²) in [6.07, 6.45) is 3.55. The molecule has 0 spiro atoms. The van der Waals surface area contributed by atoms with Crippen LogP contribution in [0.4, 0.5) is 0 Å². The van der Waals surface area contributed by atoms with Crippen molar-refractivity contribution in [1.29, 1.82) is 0 Å². The van der Waals surface area contributed by atoms with E-state index in [1.54, 1.807) is 48.5 Å². The second-order valence-electron chi connectivity index (χ2n) is 8.95. The Balaban J connectivity index is 1.45. The van der Waals surface area contributed by atoms with E-state index in [-0.39, 0.29) is 12.5 Å². The predicted molar refractivity (Wildman–Crippen MR) is 145 cm³/mol. The van der Waals surface area contributed by atoms with E-state index in [0.717, 1.165) is 35.3 Å². The highest BCUT2D eigenvalue weighted by Gasteiger charge is 2.10. The summed E-state index contributed by atoms with van der Waals surface area (Å²) >= 11 is 0. The van der Waals surface area contributed by atoms with Gasteiger partial charge in [0.2, 0.25) is 0 Å². The first-order chi connectivity index (χ1) is 17.9. The molecule has 0 saturated heterocycles. The SMILES string of the molecule is CCCCOc1ccc(C(=O)Oc2ccc(/C=N\NC(=O)COc3cc(C(C)C)ccc3C)cc2)cc1. The Bertz CT molecular complexity index is 1200. The highest BCUT2D eigenvalue weighted by molar-refractivity contribution is 5.91. The van der Waals surface area contributed by atoms with Crippen molar-refractivity contribution < 1.29 is 23.8 Å². The van der Waals surface area contributed by atoms with Gasteiger partial charge in [0.05, 0.1) is 18.4 Å². The number of rotatable bonds is 12. The summed E-state index contributed by atoms with van der Waals surface area (Å²) in [5.41, 5.74) is 5.74. The van der Waals surface area contributed by atoms with Crippen LogP contribution in [0.1, 0.15) is 66.6 Å². The first-order valence-electron chi connectivity index (χ1n) is 12.5. The summed E-state index contributed by atoms with van der Waals surface area (Å²) in [5.74, 6) is 1.37. The molecule has 194 valence electrons. The van der Waals surface area contributed by atoms with Crippen LogP contribution in [-0.4, -0.2) is 31.3 Å². The second-order valence-corrected chi connectivity index (χ2v) is 8.95. The Hall–Kier alpha value is -4.13. The molecule has 0 fully saturated rings. The van der Waals surface area contributed by atoms with Gasteiger partial charge in [-0.2, -0.15) is 5.10 Å². The number of nitrogens with one attached hydrogen (secondary N) is 1. The fraction of sp³-hybridized carbons (Fsp3) is 0.300. The summed E-state index contributed by atoms with van der Waals surface area (Å²) in [4.78, 5) is 24.5. The van der Waals surface area contributed by atoms with E-state index in [4.69, 9.17) is 14.2 Å². The second kappa shape index (κ2) is 13.8. The van der Waals surface area contributed by atoms with Gasteiger partial charge in [-0.25, -0.2) is 10.2 Å². The number of benzene rings is 3. The van der Waals surface area contributed by atoms with E-state index < -0.39 is 5.97 Å². The first-order valence-corrected chi connectivity index (χ1v) is 12.5. The number of hydrazone groups is 1. The van der Waals surface area contributed by atoms with Gasteiger partial charge < -0.3 is 14.2 Å². The lowest BCUT2D eigenvalue weighted by molar-refractivity contribution is -0.123. The van der Waals surface area contributed by atoms with Gasteiger partial charge in [0, 0.05) is 0 Å². The van der Waals surface area contributed by atoms with Crippen molar-refractivity contribution in [3.05, 3.63) is 89.0 Å². The Kier molecular flexibility index (Phi) is 10.3. The van der Waals surface area contributed by atoms with Crippen molar-refractivity contribution in [2.24, 2.45) is 5.10 Å². The number of nitrogens with zero attached hydrogens (tertiary/aromatic N) is 1. The highest BCUT2D eigenvalue weighted by atomic mass is 16.5. The van der Waals surface area contributed by atoms with Crippen molar-refractivity contribution in [1.82, 2.24) is 5.43 Å². The number of aryl methyl sites for hydroxylation is 1. The molecule has 37 heavy (non-hydrogen) atoms. The minimum Gasteiger partial charge on any atom is -0.494 e. The molecule has 0 aliphatic carbocycles. The maximum atomic E-state index is 12.4. The van der Waals surface area contributed by atoms with E-state index in [1.165, 1.54) is 6.21 Å². The predicted octanol–water partition coefficient (Wildman–Crippen LogP) is 6.05. The Morgan fingerprint density at radius 1 is 0.946 bits per heavy atom. The number of esters is 1. The summed E-state index contributed by atoms with van der Waals surface area (Å²) in [7, 11) is 0. The number of unbranched alkanes of at least 4 members (excludes halogenated alkanes) is 1. The lowest BCUT2D eigenvalue weighted by Gasteiger charge is -2.12. The van der Waals surface area contributed by atoms with E-state index in [2.05, 4.69) is 37.4 Å². The monoisotopic (exact) mass is 502 g/mol. The lowest BCUT2D eigenvalue weighted by atomic mass is 10.0. The van der Waals surface area contributed by atoms with Gasteiger partial charge in [0.1, 0.15) is 17.2 Å². The third-order valence-electron chi connectivity index (χ3n) is 5.59. The molecular weight excluding hydrogens is 468 g/mol. The van der Waals surface area contributed by atoms with Crippen LogP contribution >= 0.6 is 0 Å². The molecule has 0 saturated carbocycles. The smallest absolute Gasteiger partial charge is 0.343 e. The molecule has 0 atom stereocenters. The molecule has 0 aliphatic rings. The van der Waals surface area contributed by atoms with Gasteiger partial charge in [-0.3, -0.25) is 4.79 Å². The highest BCUT2D eigenvalue weighted by Crippen LogP contribution is 2.24. The molecule has 0 aromatic heterocycles. The van der Waals surface area contributed by atoms with Gasteiger partial charge in [0.15, 0.2) is 6.61 Å². The van der Waals surface area contributed by atoms with Crippen molar-refractivity contribution >= 4 is 18.1 Å². The van der Waals surface area contributed by atoms with Crippen LogP contribution in [-0.2, 0) is 4.79 Å². The third-order valence-corrected chi connectivity index (χ3v) is 5.59. The average molecular weight is 503 g/mol. The molecule has 0 bridgehead atoms. The quantitative estimate of drug-likeness (QED) is 0.107. The van der Waals surface area contributed by atoms with Crippen LogP contribution in [0.15, 0.2) is 71.8 Å². The Morgan fingerprint density at radius 2 is 1.65 bits per heavy atom. The molecule has 0 heterocycles. The number of hydrogen-bond donors (Lipinski definition) is 1. The fourth-order valence-corrected chi connectivity index (χ4v) is 3.30. The molecule has 7 heteroatoms. The fourth-order valence-electron chi connectivity index (χ4n) is 3.30. The maximum Gasteiger partial charge on any atom is 0.343 e. The number of amides is 1. The van der Waals surface area contributed by atoms with Gasteiger partial charge in [-0.05, 0) is 90.6 Å². The van der Waals surface area contributed by atoms with Gasteiger partial charge in [-0.1, -0.05) is 39.3 Å². The lowest BCUT2D eigenvalue weighted by Crippen LogP contribution is -2.24. The van der Waals surface area contributed by atoms with E-state index in [9.17, 15) is 9.59 Å². The van der Waals surface area contributed by atoms with Crippen molar-refractivity contribution in [3.8, 4) is 17.2 Å². The van der Waals surface area contributed by atoms with E-state index >= 15 is 0 Å². The molecule has 0 aliphatic heterocycles. The number of carbonyl (C=O) groups excluding carboxylic acids is 2. The Labute approximate surface area is 218 Å². The summed E-state index contributed by atoms with van der Waals surface area (Å²) < 4.78 is 16.7. The molecule has 7 nitrogen and oxygen atoms in total. The van der Waals surface area contributed by atoms with Gasteiger partial charge >= 0.3 is 5.97 Å². The van der Waals surface area contributed by atoms with Crippen LogP contribution in [0.3, 0.4) is 0 Å². The average Bonchev–Trinajstić information content (AvgIpc) is 2.89. The van der Waals surface area contributed by atoms with Crippen LogP contribution < -0.4 is 19.6 Å². The summed E-state index contributed by atoms with van der Waals surface area (Å²) in [5, 5.41) is 3.97. The maximum absolute atomic E-state index is 12.4. The third kappa shape index (κ3) is 8.79. The molecule has 3 rings (SSSR count). The standard InChI is InChI=1S/C30H34N2O5/c1-5-6-17-35-26-15-11-24(12-16-26)30(34)37-27-13-8-23(9-14-27)19-31-32-29(33)20-36-28-18-25(21(2)3)10-7-22(28)4/h7-16,18-19,21H,5-6,17,20H2,1-4H3,(H,32,33)/b31-19-. The molecule has 0 unspecified atom stereocenters. The summed E-state index contributed by atoms with van der Waals surface area (Å²) in [6.45, 7) is 8.77. The van der Waals surface area contributed by atoms with Crippen molar-refractivity contribution in [3.63, 3.8) is 0 Å². The molecule has 3 aromatic carbocycles. The molecular formula is C30H34N2O5. The van der Waals surface area contributed by atoms with E-state index in [1.807, 2.05) is 19.1 Å². The van der Waals surface area contributed by atoms with Crippen LogP contribution in [0.2, 0.25) is 0 Å². The minimum absolute atomic E-state index is 0.138. The molecule has 0 radical (unpaired) electrons. The van der Waals surface area contributed by atoms with Crippen molar-refractivity contribution in [2.75, 3.05) is 13.2 Å². The van der Waals surface area contributed by atoms with Crippen LogP contribution in [0, 0.1) is 6.92 Å². The molecule has 1 amide bonds. The number of carbonyl (C=O) groups is 2. The van der Waals surface area contributed by atoms with Gasteiger partial charge in [0.25, 0.3) is 5.91 Å². The summed E-state index contributed by atoms with van der Waals surface area (Å²) in [6, 6.07) is 19.7. The normalized spacial score (nSPS) is 10.9. The zero-order valence-corrected chi connectivity index (χ0v) is 21.8. The minimum atomic E-state index is -0.456. The number of ether oxygens (including phenoxy) is 3. The topological polar surface area (TPSA) is 86.2 Å². The van der Waals surface area contributed by atoms with Crippen LogP contribution in [0.25, 0.3) is 0 Å².